The Morgan fingerprint density at radius 3 is 1.32 bits per heavy atom. The van der Waals surface area contributed by atoms with Crippen molar-refractivity contribution in [3.63, 3.8) is 0 Å². The second-order valence-corrected chi connectivity index (χ2v) is 20.2. The molecule has 3 saturated heterocycles. The third kappa shape index (κ3) is 15.5. The molecule has 0 unspecified atom stereocenters. The van der Waals surface area contributed by atoms with Crippen molar-refractivity contribution in [2.75, 3.05) is 6.61 Å². The molecule has 3 heterocycles. The first-order chi connectivity index (χ1) is 38.2. The van der Waals surface area contributed by atoms with E-state index in [4.69, 9.17) is 47.4 Å². The molecular weight excluding hydrogens is 1030 g/mol. The van der Waals surface area contributed by atoms with Gasteiger partial charge in [0.15, 0.2) is 18.9 Å². The van der Waals surface area contributed by atoms with Gasteiger partial charge in [0, 0.05) is 0 Å². The van der Waals surface area contributed by atoms with Crippen LogP contribution in [-0.2, 0) is 73.8 Å². The molecule has 1 saturated carbocycles. The highest BCUT2D eigenvalue weighted by Crippen LogP contribution is 2.38. The van der Waals surface area contributed by atoms with Crippen LogP contribution in [0.1, 0.15) is 62.3 Å². The van der Waals surface area contributed by atoms with Gasteiger partial charge in [0.05, 0.1) is 37.6 Å². The monoisotopic (exact) mass is 1100 g/mol. The third-order valence-corrected chi connectivity index (χ3v) is 14.5. The molecule has 19 atom stereocenters. The second kappa shape index (κ2) is 28.5. The van der Waals surface area contributed by atoms with Gasteiger partial charge in [0.25, 0.3) is 0 Å². The van der Waals surface area contributed by atoms with Crippen molar-refractivity contribution in [2.24, 2.45) is 5.92 Å². The van der Waals surface area contributed by atoms with Gasteiger partial charge in [0.2, 0.25) is 0 Å². The van der Waals surface area contributed by atoms with Gasteiger partial charge in [-0.1, -0.05) is 142 Å². The maximum absolute atomic E-state index is 13.5. The van der Waals surface area contributed by atoms with Crippen molar-refractivity contribution in [1.82, 2.24) is 16.0 Å². The lowest BCUT2D eigenvalue weighted by Gasteiger charge is -2.48. The van der Waals surface area contributed by atoms with Gasteiger partial charge >= 0.3 is 18.3 Å². The van der Waals surface area contributed by atoms with E-state index in [0.717, 1.165) is 11.1 Å². The predicted octanol–water partition coefficient (Wildman–Crippen LogP) is 3.44. The molecule has 4 aliphatic rings. The number of rotatable bonds is 21. The van der Waals surface area contributed by atoms with Gasteiger partial charge in [0.1, 0.15) is 86.8 Å². The van der Waals surface area contributed by atoms with Crippen LogP contribution in [0.2, 0.25) is 0 Å². The summed E-state index contributed by atoms with van der Waals surface area (Å²) in [4.78, 5) is 40.1. The molecule has 0 aromatic heterocycles. The molecule has 22 heteroatoms. The van der Waals surface area contributed by atoms with Crippen molar-refractivity contribution in [3.8, 4) is 0 Å². The molecule has 22 nitrogen and oxygen atoms in total. The topological polar surface area (TPSA) is 301 Å². The molecule has 8 rings (SSSR count). The first kappa shape index (κ1) is 59.3. The lowest BCUT2D eigenvalue weighted by Crippen LogP contribution is -2.67. The molecule has 4 fully saturated rings. The van der Waals surface area contributed by atoms with E-state index < -0.39 is 134 Å². The van der Waals surface area contributed by atoms with E-state index >= 15 is 0 Å². The Kier molecular flexibility index (Phi) is 21.4. The number of alkyl carbamates (subject to hydrolysis) is 3. The quantitative estimate of drug-likeness (QED) is 0.0540. The van der Waals surface area contributed by atoms with Crippen LogP contribution in [-0.4, -0.2) is 166 Å². The lowest BCUT2D eigenvalue weighted by atomic mass is 9.80. The summed E-state index contributed by atoms with van der Waals surface area (Å²) in [5, 5.41) is 78.2. The number of ether oxygens (including phenoxy) is 10. The Hall–Kier alpha value is -5.83. The maximum Gasteiger partial charge on any atom is 0.407 e. The molecule has 0 bridgehead atoms. The Morgan fingerprint density at radius 2 is 0.848 bits per heavy atom. The number of aliphatic hydroxyl groups is 6. The number of hydrogen-bond acceptors (Lipinski definition) is 19. The molecule has 9 N–H and O–H groups in total. The fourth-order valence-corrected chi connectivity index (χ4v) is 10.2. The number of amides is 3. The van der Waals surface area contributed by atoms with Gasteiger partial charge < -0.3 is 94.0 Å². The van der Waals surface area contributed by atoms with Crippen molar-refractivity contribution in [1.29, 1.82) is 0 Å². The highest BCUT2D eigenvalue weighted by Gasteiger charge is 2.56. The Morgan fingerprint density at radius 1 is 0.456 bits per heavy atom. The Labute approximate surface area is 458 Å². The highest BCUT2D eigenvalue weighted by atomic mass is 16.8. The van der Waals surface area contributed by atoms with E-state index in [1.807, 2.05) is 48.5 Å². The van der Waals surface area contributed by atoms with E-state index in [9.17, 15) is 45.0 Å². The summed E-state index contributed by atoms with van der Waals surface area (Å²) in [6.07, 6.45) is -23.8. The smallest absolute Gasteiger partial charge is 0.407 e. The first-order valence-electron chi connectivity index (χ1n) is 26.8. The summed E-state index contributed by atoms with van der Waals surface area (Å²) < 4.78 is 61.0. The van der Waals surface area contributed by atoms with Gasteiger partial charge in [-0.05, 0) is 47.4 Å². The molecular formula is C57H73N3O19. The summed E-state index contributed by atoms with van der Waals surface area (Å²) in [7, 11) is 0. The fourth-order valence-electron chi connectivity index (χ4n) is 10.2. The van der Waals surface area contributed by atoms with E-state index in [0.29, 0.717) is 11.1 Å². The fraction of sp³-hybridized carbons (Fsp3) is 0.526. The predicted molar refractivity (Wildman–Crippen MR) is 278 cm³/mol. The van der Waals surface area contributed by atoms with Crippen LogP contribution in [0.25, 0.3) is 0 Å². The highest BCUT2D eigenvalue weighted by molar-refractivity contribution is 5.68. The molecule has 0 radical (unpaired) electrons. The Bertz CT molecular complexity index is 2490. The van der Waals surface area contributed by atoms with Crippen LogP contribution in [0.5, 0.6) is 0 Å². The third-order valence-electron chi connectivity index (χ3n) is 14.5. The number of carbonyl (C=O) groups excluding carboxylic acids is 3. The molecule has 4 aromatic carbocycles. The average Bonchev–Trinajstić information content (AvgIpc) is 3.79. The van der Waals surface area contributed by atoms with Crippen LogP contribution in [0.3, 0.4) is 0 Å². The molecule has 430 valence electrons. The standard InChI is InChI=1S/C57H73N3O19/c1-4-38-44(62)46(64)41(59-56(68)72-29-35-22-14-8-15-23-35)52(74-38)78-50-39(5-2)75-54(48(50)66)79-51-43(61)37(58-55(67)71-28-34-20-12-7-13-21-34)26-32(3)49(51)77-53-42(60-57(69)73-30-36-24-16-9-17-25-36)47(65)45(63)40(76-53)31-70-27-33-18-10-6-11-19-33/h6-25,32,37-54,61-66H,4-5,26-31H2,1-3H3,(H,58,67)(H,59,68)(H,60,69)/t32-,37+,38-,39+,40+,41+,42+,43-,44+,45+,46+,47+,48+,49+,50+,51+,52+,53+,54-/m0/s1. The minimum Gasteiger partial charge on any atom is -0.445 e. The second-order valence-electron chi connectivity index (χ2n) is 20.2. The number of nitrogens with one attached hydrogen (secondary N) is 3. The largest absolute Gasteiger partial charge is 0.445 e. The van der Waals surface area contributed by atoms with Crippen molar-refractivity contribution >= 4 is 18.3 Å². The van der Waals surface area contributed by atoms with Crippen LogP contribution in [0, 0.1) is 5.92 Å². The lowest BCUT2D eigenvalue weighted by molar-refractivity contribution is -0.319. The van der Waals surface area contributed by atoms with Crippen molar-refractivity contribution in [3.05, 3.63) is 144 Å². The maximum atomic E-state index is 13.5. The number of hydrogen-bond donors (Lipinski definition) is 9. The van der Waals surface area contributed by atoms with Crippen LogP contribution >= 0.6 is 0 Å². The zero-order chi connectivity index (χ0) is 56.0. The molecule has 3 amide bonds. The minimum absolute atomic E-state index is 0.0518. The normalized spacial score (nSPS) is 33.5. The molecule has 3 aliphatic heterocycles. The summed E-state index contributed by atoms with van der Waals surface area (Å²) in [5.41, 5.74) is 2.92. The van der Waals surface area contributed by atoms with E-state index in [1.165, 1.54) is 0 Å². The van der Waals surface area contributed by atoms with E-state index in [2.05, 4.69) is 16.0 Å². The van der Waals surface area contributed by atoms with Gasteiger partial charge in [-0.25, -0.2) is 14.4 Å². The van der Waals surface area contributed by atoms with Gasteiger partial charge in [-0.3, -0.25) is 0 Å². The molecule has 79 heavy (non-hydrogen) atoms. The first-order valence-corrected chi connectivity index (χ1v) is 26.8. The van der Waals surface area contributed by atoms with Crippen molar-refractivity contribution in [2.45, 2.75) is 177 Å². The SMILES string of the molecule is CC[C@@H]1O[C@H](O[C@H]2[C@@H](O)[C@H](O[C@@H]3[C@@H](O)[C@H](NC(=O)OCc4ccccc4)C[C@H](C)[C@H]3O[C@H]3O[C@H](COCc4ccccc4)[C@@H](O)[C@H](O)[C@H]3NC(=O)OCc3ccccc3)O[C@@H]2CC)[C@H](NC(=O)OCc2ccccc2)[C@@H](O)[C@@H]1O. The summed E-state index contributed by atoms with van der Waals surface area (Å²) in [6.45, 7) is 4.81. The summed E-state index contributed by atoms with van der Waals surface area (Å²) >= 11 is 0. The van der Waals surface area contributed by atoms with Crippen LogP contribution in [0.4, 0.5) is 14.4 Å². The molecule has 0 spiro atoms. The zero-order valence-electron chi connectivity index (χ0n) is 44.2. The van der Waals surface area contributed by atoms with Gasteiger partial charge in [-0.2, -0.15) is 0 Å². The number of carbonyl (C=O) groups is 3. The summed E-state index contributed by atoms with van der Waals surface area (Å²) in [5.74, 6) is -0.658. The van der Waals surface area contributed by atoms with E-state index in [-0.39, 0.29) is 52.3 Å². The Balaban J connectivity index is 1.04. The molecule has 1 aliphatic carbocycles. The zero-order valence-corrected chi connectivity index (χ0v) is 44.2. The van der Waals surface area contributed by atoms with Crippen LogP contribution in [0.15, 0.2) is 121 Å². The van der Waals surface area contributed by atoms with Crippen molar-refractivity contribution < 1.29 is 92.4 Å². The average molecular weight is 1100 g/mol. The van der Waals surface area contributed by atoms with E-state index in [1.54, 1.807) is 93.6 Å². The summed E-state index contributed by atoms with van der Waals surface area (Å²) in [6, 6.07) is 32.0. The van der Waals surface area contributed by atoms with Crippen LogP contribution < -0.4 is 16.0 Å². The molecule has 4 aromatic rings. The number of aliphatic hydroxyl groups excluding tert-OH is 6. The van der Waals surface area contributed by atoms with Gasteiger partial charge in [-0.15, -0.1) is 0 Å². The number of benzene rings is 4. The minimum atomic E-state index is -1.73.